The molecule has 148 valence electrons. The van der Waals surface area contributed by atoms with E-state index >= 15 is 0 Å². The molecule has 0 bridgehead atoms. The Morgan fingerprint density at radius 3 is 1.35 bits per heavy atom. The number of allylic oxidation sites excluding steroid dienone is 2. The molecule has 1 aliphatic carbocycles. The summed E-state index contributed by atoms with van der Waals surface area (Å²) in [5.41, 5.74) is 15.3. The van der Waals surface area contributed by atoms with Crippen LogP contribution in [0.1, 0.15) is 77.0 Å². The lowest BCUT2D eigenvalue weighted by molar-refractivity contribution is -0.137. The minimum Gasteiger partial charge on any atom is -0.481 e. The fourth-order valence-corrected chi connectivity index (χ4v) is 3.60. The van der Waals surface area contributed by atoms with Gasteiger partial charge in [0.25, 0.3) is 0 Å². The summed E-state index contributed by atoms with van der Waals surface area (Å²) >= 11 is 0. The molecule has 0 atom stereocenters. The van der Waals surface area contributed by atoms with Gasteiger partial charge in [-0.2, -0.15) is 0 Å². The van der Waals surface area contributed by atoms with Crippen molar-refractivity contribution in [2.24, 2.45) is 11.5 Å². The van der Waals surface area contributed by atoms with E-state index in [1.165, 1.54) is 0 Å². The van der Waals surface area contributed by atoms with E-state index in [2.05, 4.69) is 0 Å². The molecule has 0 radical (unpaired) electrons. The molecule has 0 saturated heterocycles. The largest absolute Gasteiger partial charge is 0.481 e. The molecule has 26 heavy (non-hydrogen) atoms. The summed E-state index contributed by atoms with van der Waals surface area (Å²) in [6, 6.07) is 0. The first-order valence-corrected chi connectivity index (χ1v) is 9.71. The van der Waals surface area contributed by atoms with Gasteiger partial charge in [-0.3, -0.25) is 9.59 Å². The van der Waals surface area contributed by atoms with Crippen molar-refractivity contribution in [2.75, 3.05) is 13.1 Å². The Bertz CT molecular complexity index is 490. The first kappa shape index (κ1) is 22.4. The van der Waals surface area contributed by atoms with Gasteiger partial charge in [-0.15, -0.1) is 0 Å². The Balaban J connectivity index is 2.86. The van der Waals surface area contributed by atoms with Gasteiger partial charge in [0.15, 0.2) is 0 Å². The van der Waals surface area contributed by atoms with Gasteiger partial charge < -0.3 is 21.7 Å². The number of unbranched alkanes of at least 4 members (excludes halogenated alkanes) is 4. The van der Waals surface area contributed by atoms with Crippen molar-refractivity contribution < 1.29 is 19.8 Å². The number of aliphatic carboxylic acids is 2. The van der Waals surface area contributed by atoms with Gasteiger partial charge >= 0.3 is 11.9 Å². The SMILES string of the molecule is NCCCCCC1=C(CC(=O)O)CC(CCCCCN)=C(CC(=O)O)C1. The number of hydrogen-bond acceptors (Lipinski definition) is 4. The van der Waals surface area contributed by atoms with Gasteiger partial charge in [0.2, 0.25) is 0 Å². The predicted molar refractivity (Wildman–Crippen MR) is 103 cm³/mol. The molecule has 0 unspecified atom stereocenters. The first-order valence-electron chi connectivity index (χ1n) is 9.71. The molecular weight excluding hydrogens is 332 g/mol. The van der Waals surface area contributed by atoms with Crippen LogP contribution in [0.4, 0.5) is 0 Å². The van der Waals surface area contributed by atoms with E-state index < -0.39 is 11.9 Å². The highest BCUT2D eigenvalue weighted by Gasteiger charge is 2.22. The van der Waals surface area contributed by atoms with Gasteiger partial charge in [-0.25, -0.2) is 0 Å². The van der Waals surface area contributed by atoms with Crippen LogP contribution in [0.15, 0.2) is 22.3 Å². The van der Waals surface area contributed by atoms with Gasteiger partial charge in [0, 0.05) is 0 Å². The number of rotatable bonds is 14. The molecular formula is C20H34N2O4. The molecule has 0 spiro atoms. The molecule has 0 aromatic heterocycles. The summed E-state index contributed by atoms with van der Waals surface area (Å²) in [4.78, 5) is 22.6. The van der Waals surface area contributed by atoms with Gasteiger partial charge in [0.05, 0.1) is 12.8 Å². The van der Waals surface area contributed by atoms with Crippen LogP contribution in [-0.2, 0) is 9.59 Å². The monoisotopic (exact) mass is 366 g/mol. The highest BCUT2D eigenvalue weighted by Crippen LogP contribution is 2.38. The molecule has 0 aromatic carbocycles. The Labute approximate surface area is 156 Å². The Hall–Kier alpha value is -1.66. The van der Waals surface area contributed by atoms with Crippen LogP contribution < -0.4 is 11.5 Å². The summed E-state index contributed by atoms with van der Waals surface area (Å²) in [6.45, 7) is 1.33. The summed E-state index contributed by atoms with van der Waals surface area (Å²) in [5, 5.41) is 18.5. The minimum absolute atomic E-state index is 0.0544. The summed E-state index contributed by atoms with van der Waals surface area (Å²) in [5.74, 6) is -1.63. The number of carboxylic acid groups (broad SMARTS) is 2. The third kappa shape index (κ3) is 8.63. The predicted octanol–water partition coefficient (Wildman–Crippen LogP) is 3.36. The van der Waals surface area contributed by atoms with Crippen LogP contribution in [0.2, 0.25) is 0 Å². The molecule has 6 N–H and O–H groups in total. The van der Waals surface area contributed by atoms with Crippen LogP contribution in [-0.4, -0.2) is 35.2 Å². The zero-order chi connectivity index (χ0) is 19.4. The molecule has 6 nitrogen and oxygen atoms in total. The normalized spacial score (nSPS) is 14.8. The van der Waals surface area contributed by atoms with E-state index in [1.807, 2.05) is 0 Å². The Morgan fingerprint density at radius 2 is 1.04 bits per heavy atom. The molecule has 0 saturated carbocycles. The summed E-state index contributed by atoms with van der Waals surface area (Å²) < 4.78 is 0. The standard InChI is InChI=1S/C20H34N2O4/c21-9-5-1-3-7-15-11-18(14-20(25)26)16(8-4-2-6-10-22)12-17(15)13-19(23)24/h1-14,21-22H2,(H,23,24)(H,25,26). The summed E-state index contributed by atoms with van der Waals surface area (Å²) in [6.07, 6.45) is 8.93. The number of hydrogen-bond donors (Lipinski definition) is 4. The second kappa shape index (κ2) is 12.7. The molecule has 0 fully saturated rings. The van der Waals surface area contributed by atoms with Gasteiger partial charge in [-0.1, -0.05) is 35.1 Å². The average Bonchev–Trinajstić information content (AvgIpc) is 2.57. The van der Waals surface area contributed by atoms with Crippen molar-refractivity contribution in [3.8, 4) is 0 Å². The maximum atomic E-state index is 11.3. The smallest absolute Gasteiger partial charge is 0.307 e. The van der Waals surface area contributed by atoms with Crippen molar-refractivity contribution in [3.63, 3.8) is 0 Å². The van der Waals surface area contributed by atoms with E-state index in [-0.39, 0.29) is 12.8 Å². The molecule has 1 aliphatic rings. The van der Waals surface area contributed by atoms with Crippen LogP contribution in [0.3, 0.4) is 0 Å². The van der Waals surface area contributed by atoms with E-state index in [0.717, 1.165) is 73.7 Å². The molecule has 0 amide bonds. The van der Waals surface area contributed by atoms with Crippen molar-refractivity contribution in [1.29, 1.82) is 0 Å². The third-order valence-corrected chi connectivity index (χ3v) is 4.95. The summed E-state index contributed by atoms with van der Waals surface area (Å²) in [7, 11) is 0. The molecule has 0 aromatic rings. The lowest BCUT2D eigenvalue weighted by atomic mass is 9.80. The average molecular weight is 367 g/mol. The van der Waals surface area contributed by atoms with Crippen molar-refractivity contribution in [3.05, 3.63) is 22.3 Å². The lowest BCUT2D eigenvalue weighted by Crippen LogP contribution is -2.12. The number of nitrogens with two attached hydrogens (primary N) is 2. The van der Waals surface area contributed by atoms with E-state index in [0.29, 0.717) is 25.9 Å². The second-order valence-corrected chi connectivity index (χ2v) is 7.11. The van der Waals surface area contributed by atoms with Crippen molar-refractivity contribution >= 4 is 11.9 Å². The fourth-order valence-electron chi connectivity index (χ4n) is 3.60. The van der Waals surface area contributed by atoms with E-state index in [9.17, 15) is 19.8 Å². The van der Waals surface area contributed by atoms with E-state index in [1.54, 1.807) is 0 Å². The Morgan fingerprint density at radius 1 is 0.654 bits per heavy atom. The van der Waals surface area contributed by atoms with Gasteiger partial charge in [0.1, 0.15) is 0 Å². The zero-order valence-corrected chi connectivity index (χ0v) is 15.8. The minimum atomic E-state index is -0.816. The highest BCUT2D eigenvalue weighted by molar-refractivity contribution is 5.72. The molecule has 6 heteroatoms. The van der Waals surface area contributed by atoms with Gasteiger partial charge in [-0.05, 0) is 64.5 Å². The Kier molecular flexibility index (Phi) is 10.9. The number of carbonyl (C=O) groups is 2. The topological polar surface area (TPSA) is 127 Å². The molecule has 1 rings (SSSR count). The van der Waals surface area contributed by atoms with Crippen molar-refractivity contribution in [1.82, 2.24) is 0 Å². The van der Waals surface area contributed by atoms with E-state index in [4.69, 9.17) is 11.5 Å². The lowest BCUT2D eigenvalue weighted by Gasteiger charge is -2.26. The van der Waals surface area contributed by atoms with Crippen LogP contribution >= 0.6 is 0 Å². The first-order chi connectivity index (χ1) is 12.5. The second-order valence-electron chi connectivity index (χ2n) is 7.11. The maximum Gasteiger partial charge on any atom is 0.307 e. The molecule has 0 heterocycles. The van der Waals surface area contributed by atoms with Crippen LogP contribution in [0.25, 0.3) is 0 Å². The fraction of sp³-hybridized carbons (Fsp3) is 0.700. The van der Waals surface area contributed by atoms with Crippen LogP contribution in [0, 0.1) is 0 Å². The maximum absolute atomic E-state index is 11.3. The van der Waals surface area contributed by atoms with Crippen molar-refractivity contribution in [2.45, 2.75) is 77.0 Å². The quantitative estimate of drug-likeness (QED) is 0.276. The number of carboxylic acids is 2. The molecule has 0 aliphatic heterocycles. The highest BCUT2D eigenvalue weighted by atomic mass is 16.4. The third-order valence-electron chi connectivity index (χ3n) is 4.95. The zero-order valence-electron chi connectivity index (χ0n) is 15.8. The van der Waals surface area contributed by atoms with Crippen LogP contribution in [0.5, 0.6) is 0 Å².